The molecular weight excluding hydrogens is 584 g/mol. The Morgan fingerprint density at radius 3 is 2.26 bits per heavy atom. The third kappa shape index (κ3) is 8.29. The molecule has 1 saturated carbocycles. The van der Waals surface area contributed by atoms with Crippen LogP contribution in [0.4, 0.5) is 14.5 Å². The maximum atomic E-state index is 14.9. The third-order valence-electron chi connectivity index (χ3n) is 7.39. The molecule has 4 rings (SSSR count). The predicted molar refractivity (Wildman–Crippen MR) is 159 cm³/mol. The lowest BCUT2D eigenvalue weighted by molar-refractivity contribution is -0.140. The van der Waals surface area contributed by atoms with Crippen molar-refractivity contribution < 1.29 is 26.8 Å². The van der Waals surface area contributed by atoms with Crippen LogP contribution in [0.5, 0.6) is 0 Å². The van der Waals surface area contributed by atoms with E-state index in [1.807, 2.05) is 30.3 Å². The Hall–Kier alpha value is -3.50. The van der Waals surface area contributed by atoms with Gasteiger partial charge in [0.05, 0.1) is 17.0 Å². The minimum absolute atomic E-state index is 0.0191. The minimum atomic E-state index is -4.05. The Kier molecular flexibility index (Phi) is 10.6. The van der Waals surface area contributed by atoms with Crippen LogP contribution in [0.3, 0.4) is 0 Å². The van der Waals surface area contributed by atoms with E-state index >= 15 is 0 Å². The second-order valence-corrected chi connectivity index (χ2v) is 12.8. The summed E-state index contributed by atoms with van der Waals surface area (Å²) in [6.07, 6.45) is 5.73. The number of anilines is 1. The van der Waals surface area contributed by atoms with E-state index in [2.05, 4.69) is 5.32 Å². The van der Waals surface area contributed by atoms with E-state index in [0.29, 0.717) is 0 Å². The molecule has 0 spiro atoms. The maximum absolute atomic E-state index is 14.9. The highest BCUT2D eigenvalue weighted by Gasteiger charge is 2.34. The second-order valence-electron chi connectivity index (χ2n) is 10.5. The van der Waals surface area contributed by atoms with E-state index in [9.17, 15) is 26.8 Å². The smallest absolute Gasteiger partial charge is 0.244 e. The molecule has 42 heavy (non-hydrogen) atoms. The fourth-order valence-electron chi connectivity index (χ4n) is 5.16. The van der Waals surface area contributed by atoms with E-state index < -0.39 is 46.1 Å². The highest BCUT2D eigenvalue weighted by molar-refractivity contribution is 7.92. The first-order valence-electron chi connectivity index (χ1n) is 13.8. The monoisotopic (exact) mass is 617 g/mol. The van der Waals surface area contributed by atoms with Gasteiger partial charge in [-0.3, -0.25) is 13.9 Å². The number of benzene rings is 3. The fraction of sp³-hybridized carbons (Fsp3) is 0.355. The van der Waals surface area contributed by atoms with Crippen molar-refractivity contribution in [3.8, 4) is 0 Å². The molecule has 1 atom stereocenters. The Labute approximate surface area is 250 Å². The van der Waals surface area contributed by atoms with Gasteiger partial charge in [0.1, 0.15) is 24.2 Å². The van der Waals surface area contributed by atoms with E-state index in [4.69, 9.17) is 11.6 Å². The summed E-state index contributed by atoms with van der Waals surface area (Å²) < 4.78 is 55.2. The summed E-state index contributed by atoms with van der Waals surface area (Å²) >= 11 is 5.92. The molecular formula is C31H34ClF2N3O4S. The number of carbonyl (C=O) groups excluding carboxylic acids is 2. The molecule has 1 aliphatic carbocycles. The average molecular weight is 618 g/mol. The Morgan fingerprint density at radius 1 is 0.952 bits per heavy atom. The molecule has 224 valence electrons. The zero-order valence-corrected chi connectivity index (χ0v) is 24.9. The Bertz CT molecular complexity index is 1500. The van der Waals surface area contributed by atoms with E-state index in [0.717, 1.165) is 60.4 Å². The van der Waals surface area contributed by atoms with Crippen LogP contribution in [-0.2, 0) is 32.6 Å². The van der Waals surface area contributed by atoms with Crippen LogP contribution in [-0.4, -0.2) is 50.0 Å². The van der Waals surface area contributed by atoms with E-state index in [-0.39, 0.29) is 35.3 Å². The summed E-state index contributed by atoms with van der Waals surface area (Å²) in [5.74, 6) is -2.44. The standard InChI is InChI=1S/C31H34ClF2N3O4S/c1-42(40,41)37(25-16-17-28(34)26(32)19-25)21-30(38)36(20-23-12-8-9-15-27(23)33)29(18-22-10-4-2-5-11-22)31(39)35-24-13-6-3-7-14-24/h2,4-5,8-12,15-17,19,24,29H,3,6-7,13-14,18,20-21H2,1H3,(H,35,39). The zero-order valence-electron chi connectivity index (χ0n) is 23.3. The predicted octanol–water partition coefficient (Wildman–Crippen LogP) is 5.47. The number of hydrogen-bond acceptors (Lipinski definition) is 4. The molecule has 1 unspecified atom stereocenters. The SMILES string of the molecule is CS(=O)(=O)N(CC(=O)N(Cc1ccccc1F)C(Cc1ccccc1)C(=O)NC1CCCCC1)c1ccc(F)c(Cl)c1. The minimum Gasteiger partial charge on any atom is -0.352 e. The highest BCUT2D eigenvalue weighted by atomic mass is 35.5. The highest BCUT2D eigenvalue weighted by Crippen LogP contribution is 2.26. The zero-order chi connectivity index (χ0) is 30.3. The van der Waals surface area contributed by atoms with Gasteiger partial charge in [0.15, 0.2) is 0 Å². The molecule has 0 heterocycles. The molecule has 1 N–H and O–H groups in total. The summed E-state index contributed by atoms with van der Waals surface area (Å²) in [5, 5.41) is 2.77. The summed E-state index contributed by atoms with van der Waals surface area (Å²) in [5.41, 5.74) is 0.928. The number of rotatable bonds is 11. The van der Waals surface area contributed by atoms with Gasteiger partial charge in [-0.25, -0.2) is 17.2 Å². The number of sulfonamides is 1. The number of carbonyl (C=O) groups is 2. The molecule has 3 aromatic rings. The number of amides is 2. The van der Waals surface area contributed by atoms with E-state index in [1.165, 1.54) is 29.2 Å². The van der Waals surface area contributed by atoms with Crippen molar-refractivity contribution in [2.75, 3.05) is 17.1 Å². The summed E-state index contributed by atoms with van der Waals surface area (Å²) in [6.45, 7) is -0.986. The number of hydrogen-bond donors (Lipinski definition) is 1. The lowest BCUT2D eigenvalue weighted by atomic mass is 9.94. The molecule has 0 radical (unpaired) electrons. The van der Waals surface area contributed by atoms with Gasteiger partial charge in [0.2, 0.25) is 21.8 Å². The van der Waals surface area contributed by atoms with Crippen molar-refractivity contribution in [3.05, 3.63) is 101 Å². The van der Waals surface area contributed by atoms with Crippen molar-refractivity contribution in [2.24, 2.45) is 0 Å². The summed E-state index contributed by atoms with van der Waals surface area (Å²) in [7, 11) is -4.05. The molecule has 7 nitrogen and oxygen atoms in total. The summed E-state index contributed by atoms with van der Waals surface area (Å²) in [4.78, 5) is 29.2. The maximum Gasteiger partial charge on any atom is 0.244 e. The normalized spacial score (nSPS) is 14.7. The molecule has 0 bridgehead atoms. The van der Waals surface area contributed by atoms with Gasteiger partial charge in [-0.05, 0) is 42.7 Å². The molecule has 1 aliphatic rings. The van der Waals surface area contributed by atoms with Crippen molar-refractivity contribution in [2.45, 2.75) is 57.2 Å². The summed E-state index contributed by atoms with van der Waals surface area (Å²) in [6, 6.07) is 17.2. The second kappa shape index (κ2) is 14.1. The quantitative estimate of drug-likeness (QED) is 0.309. The van der Waals surface area contributed by atoms with Gasteiger partial charge in [-0.2, -0.15) is 0 Å². The van der Waals surface area contributed by atoms with Gasteiger partial charge in [0, 0.05) is 24.6 Å². The van der Waals surface area contributed by atoms with Gasteiger partial charge < -0.3 is 10.2 Å². The lowest BCUT2D eigenvalue weighted by Gasteiger charge is -2.35. The van der Waals surface area contributed by atoms with Crippen LogP contribution >= 0.6 is 11.6 Å². The van der Waals surface area contributed by atoms with Crippen LogP contribution < -0.4 is 9.62 Å². The first-order valence-corrected chi connectivity index (χ1v) is 16.1. The van der Waals surface area contributed by atoms with Gasteiger partial charge in [-0.1, -0.05) is 79.4 Å². The van der Waals surface area contributed by atoms with E-state index in [1.54, 1.807) is 6.07 Å². The van der Waals surface area contributed by atoms with Gasteiger partial charge in [-0.15, -0.1) is 0 Å². The topological polar surface area (TPSA) is 86.8 Å². The van der Waals surface area contributed by atoms with Crippen molar-refractivity contribution in [3.63, 3.8) is 0 Å². The molecule has 0 aliphatic heterocycles. The van der Waals surface area contributed by atoms with Crippen LogP contribution in [0.25, 0.3) is 0 Å². The van der Waals surface area contributed by atoms with Crippen molar-refractivity contribution in [1.82, 2.24) is 10.2 Å². The van der Waals surface area contributed by atoms with Crippen LogP contribution in [0.2, 0.25) is 5.02 Å². The Morgan fingerprint density at radius 2 is 1.62 bits per heavy atom. The first kappa shape index (κ1) is 31.4. The van der Waals surface area contributed by atoms with Crippen LogP contribution in [0.1, 0.15) is 43.2 Å². The van der Waals surface area contributed by atoms with Gasteiger partial charge >= 0.3 is 0 Å². The van der Waals surface area contributed by atoms with Crippen molar-refractivity contribution >= 4 is 39.1 Å². The average Bonchev–Trinajstić information content (AvgIpc) is 2.96. The first-order chi connectivity index (χ1) is 20.0. The molecule has 11 heteroatoms. The van der Waals surface area contributed by atoms with Gasteiger partial charge in [0.25, 0.3) is 0 Å². The van der Waals surface area contributed by atoms with Crippen molar-refractivity contribution in [1.29, 1.82) is 0 Å². The third-order valence-corrected chi connectivity index (χ3v) is 8.82. The van der Waals surface area contributed by atoms with Crippen LogP contribution in [0.15, 0.2) is 72.8 Å². The molecule has 3 aromatic carbocycles. The lowest BCUT2D eigenvalue weighted by Crippen LogP contribution is -2.55. The molecule has 1 fully saturated rings. The fourth-order valence-corrected chi connectivity index (χ4v) is 6.18. The Balaban J connectivity index is 1.74. The largest absolute Gasteiger partial charge is 0.352 e. The number of nitrogens with zero attached hydrogens (tertiary/aromatic N) is 2. The molecule has 0 saturated heterocycles. The number of nitrogens with one attached hydrogen (secondary N) is 1. The van der Waals surface area contributed by atoms with Crippen LogP contribution in [0, 0.1) is 11.6 Å². The number of halogens is 3. The molecule has 0 aromatic heterocycles. The molecule has 2 amide bonds.